The lowest BCUT2D eigenvalue weighted by molar-refractivity contribution is 0.0938. The number of benzene rings is 2. The van der Waals surface area contributed by atoms with Gasteiger partial charge in [-0.3, -0.25) is 9.59 Å². The topological polar surface area (TPSA) is 67.4 Å². The highest BCUT2D eigenvalue weighted by atomic mass is 79.9. The van der Waals surface area contributed by atoms with E-state index in [0.29, 0.717) is 35.1 Å². The number of carbonyl (C=O) groups is 2. The Morgan fingerprint density at radius 1 is 1.04 bits per heavy atom. The fourth-order valence-corrected chi connectivity index (χ4v) is 2.74. The largest absolute Gasteiger partial charge is 0.492 e. The summed E-state index contributed by atoms with van der Waals surface area (Å²) in [6, 6.07) is 12.3. The molecule has 0 heterocycles. The summed E-state index contributed by atoms with van der Waals surface area (Å²) < 4.78 is 6.57. The Hall–Kier alpha value is -2.34. The first-order valence-corrected chi connectivity index (χ1v) is 10.2. The van der Waals surface area contributed by atoms with Crippen LogP contribution < -0.4 is 15.4 Å². The van der Waals surface area contributed by atoms with Crippen molar-refractivity contribution in [3.05, 3.63) is 58.1 Å². The van der Waals surface area contributed by atoms with Crippen molar-refractivity contribution in [2.24, 2.45) is 5.92 Å². The van der Waals surface area contributed by atoms with Crippen LogP contribution in [0.2, 0.25) is 0 Å². The maximum Gasteiger partial charge on any atom is 0.259 e. The summed E-state index contributed by atoms with van der Waals surface area (Å²) in [7, 11) is 0. The number of rotatable bonds is 8. The van der Waals surface area contributed by atoms with Crippen LogP contribution in [0.25, 0.3) is 0 Å². The molecule has 0 saturated carbocycles. The van der Waals surface area contributed by atoms with Crippen LogP contribution in [0.5, 0.6) is 5.75 Å². The van der Waals surface area contributed by atoms with Gasteiger partial charge in [0.15, 0.2) is 0 Å². The van der Waals surface area contributed by atoms with Gasteiger partial charge in [0.25, 0.3) is 11.8 Å². The highest BCUT2D eigenvalue weighted by Crippen LogP contribution is 2.25. The molecule has 0 spiro atoms. The molecule has 0 radical (unpaired) electrons. The SMILES string of the molecule is CCC(C)NC(=O)c1ccc(NC(=O)c2cc(Br)ccc2OCC(C)C)cc1. The van der Waals surface area contributed by atoms with Gasteiger partial charge in [0, 0.05) is 21.8 Å². The summed E-state index contributed by atoms with van der Waals surface area (Å²) in [6.07, 6.45) is 0.869. The van der Waals surface area contributed by atoms with E-state index in [4.69, 9.17) is 4.74 Å². The molecule has 2 aromatic carbocycles. The van der Waals surface area contributed by atoms with Crippen LogP contribution >= 0.6 is 15.9 Å². The molecule has 0 aliphatic rings. The molecular formula is C22H27BrN2O3. The summed E-state index contributed by atoms with van der Waals surface area (Å²) in [4.78, 5) is 24.9. The van der Waals surface area contributed by atoms with Crippen LogP contribution in [0.15, 0.2) is 46.9 Å². The Balaban J connectivity index is 2.10. The Morgan fingerprint density at radius 3 is 2.32 bits per heavy atom. The van der Waals surface area contributed by atoms with Crippen molar-refractivity contribution in [1.29, 1.82) is 0 Å². The second kappa shape index (κ2) is 10.3. The fourth-order valence-electron chi connectivity index (χ4n) is 2.37. The van der Waals surface area contributed by atoms with Gasteiger partial charge in [-0.05, 0) is 61.7 Å². The highest BCUT2D eigenvalue weighted by molar-refractivity contribution is 9.10. The molecule has 2 N–H and O–H groups in total. The summed E-state index contributed by atoms with van der Waals surface area (Å²) >= 11 is 3.40. The van der Waals surface area contributed by atoms with E-state index in [9.17, 15) is 9.59 Å². The zero-order valence-electron chi connectivity index (χ0n) is 16.7. The molecule has 2 amide bonds. The van der Waals surface area contributed by atoms with Crippen LogP contribution in [0.4, 0.5) is 5.69 Å². The third-order valence-electron chi connectivity index (χ3n) is 4.15. The van der Waals surface area contributed by atoms with Crippen molar-refractivity contribution in [3.8, 4) is 5.75 Å². The molecule has 1 atom stereocenters. The van der Waals surface area contributed by atoms with Gasteiger partial charge in [-0.15, -0.1) is 0 Å². The van der Waals surface area contributed by atoms with Crippen molar-refractivity contribution in [3.63, 3.8) is 0 Å². The molecule has 150 valence electrons. The molecule has 2 aromatic rings. The molecule has 0 fully saturated rings. The van der Waals surface area contributed by atoms with E-state index in [0.717, 1.165) is 10.9 Å². The lowest BCUT2D eigenvalue weighted by atomic mass is 10.1. The second-order valence-corrected chi connectivity index (χ2v) is 8.08. The number of hydrogen-bond donors (Lipinski definition) is 2. The molecule has 0 aromatic heterocycles. The minimum absolute atomic E-state index is 0.118. The Morgan fingerprint density at radius 2 is 1.71 bits per heavy atom. The normalized spacial score (nSPS) is 11.8. The van der Waals surface area contributed by atoms with Crippen LogP contribution in [-0.2, 0) is 0 Å². The fraction of sp³-hybridized carbons (Fsp3) is 0.364. The van der Waals surface area contributed by atoms with E-state index in [-0.39, 0.29) is 17.9 Å². The molecule has 6 heteroatoms. The zero-order chi connectivity index (χ0) is 20.7. The maximum atomic E-state index is 12.7. The van der Waals surface area contributed by atoms with E-state index in [1.807, 2.05) is 19.9 Å². The number of anilines is 1. The van der Waals surface area contributed by atoms with Crippen LogP contribution in [-0.4, -0.2) is 24.5 Å². The summed E-state index contributed by atoms with van der Waals surface area (Å²) in [5.41, 5.74) is 1.62. The maximum absolute atomic E-state index is 12.7. The van der Waals surface area contributed by atoms with E-state index in [1.165, 1.54) is 0 Å². The molecule has 5 nitrogen and oxygen atoms in total. The van der Waals surface area contributed by atoms with E-state index < -0.39 is 0 Å². The average Bonchev–Trinajstić information content (AvgIpc) is 2.67. The molecule has 0 aliphatic carbocycles. The van der Waals surface area contributed by atoms with Crippen molar-refractivity contribution in [2.45, 2.75) is 40.2 Å². The number of carbonyl (C=O) groups excluding carboxylic acids is 2. The van der Waals surface area contributed by atoms with Gasteiger partial charge in [-0.2, -0.15) is 0 Å². The predicted octanol–water partition coefficient (Wildman–Crippen LogP) is 5.26. The van der Waals surface area contributed by atoms with Gasteiger partial charge < -0.3 is 15.4 Å². The smallest absolute Gasteiger partial charge is 0.259 e. The number of nitrogens with one attached hydrogen (secondary N) is 2. The zero-order valence-corrected chi connectivity index (χ0v) is 18.3. The van der Waals surface area contributed by atoms with Crippen LogP contribution in [0.3, 0.4) is 0 Å². The van der Waals surface area contributed by atoms with Gasteiger partial charge >= 0.3 is 0 Å². The first kappa shape index (κ1) is 22.0. The number of hydrogen-bond acceptors (Lipinski definition) is 3. The first-order chi connectivity index (χ1) is 13.3. The molecular weight excluding hydrogens is 420 g/mol. The standard InChI is InChI=1S/C22H27BrN2O3/c1-5-15(4)24-21(26)16-6-9-18(10-7-16)25-22(27)19-12-17(23)8-11-20(19)28-13-14(2)3/h6-12,14-15H,5,13H2,1-4H3,(H,24,26)(H,25,27). The molecule has 1 unspecified atom stereocenters. The van der Waals surface area contributed by atoms with Gasteiger partial charge in [-0.1, -0.05) is 36.7 Å². The Bertz CT molecular complexity index is 819. The van der Waals surface area contributed by atoms with Crippen LogP contribution in [0.1, 0.15) is 54.8 Å². The van der Waals surface area contributed by atoms with Crippen LogP contribution in [0, 0.1) is 5.92 Å². The minimum Gasteiger partial charge on any atom is -0.492 e. The summed E-state index contributed by atoms with van der Waals surface area (Å²) in [5.74, 6) is 0.507. The summed E-state index contributed by atoms with van der Waals surface area (Å²) in [6.45, 7) is 8.62. The van der Waals surface area contributed by atoms with Crippen molar-refractivity contribution < 1.29 is 14.3 Å². The lowest BCUT2D eigenvalue weighted by Crippen LogP contribution is -2.31. The summed E-state index contributed by atoms with van der Waals surface area (Å²) in [5, 5.41) is 5.78. The molecule has 0 aliphatic heterocycles. The monoisotopic (exact) mass is 446 g/mol. The van der Waals surface area contributed by atoms with Crippen molar-refractivity contribution >= 4 is 33.4 Å². The minimum atomic E-state index is -0.267. The average molecular weight is 447 g/mol. The number of amides is 2. The van der Waals surface area contributed by atoms with Gasteiger partial charge in [-0.25, -0.2) is 0 Å². The third kappa shape index (κ3) is 6.37. The Labute approximate surface area is 175 Å². The quantitative estimate of drug-likeness (QED) is 0.580. The first-order valence-electron chi connectivity index (χ1n) is 9.44. The third-order valence-corrected chi connectivity index (χ3v) is 4.65. The highest BCUT2D eigenvalue weighted by Gasteiger charge is 2.15. The van der Waals surface area contributed by atoms with E-state index in [2.05, 4.69) is 40.4 Å². The lowest BCUT2D eigenvalue weighted by Gasteiger charge is -2.14. The number of halogens is 1. The van der Waals surface area contributed by atoms with E-state index in [1.54, 1.807) is 36.4 Å². The van der Waals surface area contributed by atoms with Crippen molar-refractivity contribution in [1.82, 2.24) is 5.32 Å². The predicted molar refractivity (Wildman–Crippen MR) is 116 cm³/mol. The van der Waals surface area contributed by atoms with E-state index >= 15 is 0 Å². The second-order valence-electron chi connectivity index (χ2n) is 7.16. The molecule has 28 heavy (non-hydrogen) atoms. The van der Waals surface area contributed by atoms with Gasteiger partial charge in [0.2, 0.25) is 0 Å². The molecule has 2 rings (SSSR count). The van der Waals surface area contributed by atoms with Gasteiger partial charge in [0.1, 0.15) is 5.75 Å². The van der Waals surface area contributed by atoms with Gasteiger partial charge in [0.05, 0.1) is 12.2 Å². The number of ether oxygens (including phenoxy) is 1. The van der Waals surface area contributed by atoms with Crippen molar-refractivity contribution in [2.75, 3.05) is 11.9 Å². The molecule has 0 saturated heterocycles. The Kier molecular flexibility index (Phi) is 8.05. The molecule has 0 bridgehead atoms.